The molecule has 21 heavy (non-hydrogen) atoms. The third kappa shape index (κ3) is 2.79. The Balaban J connectivity index is 2.42. The molecule has 1 heterocycles. The highest BCUT2D eigenvalue weighted by molar-refractivity contribution is 5.99. The normalized spacial score (nSPS) is 13.6. The van der Waals surface area contributed by atoms with Gasteiger partial charge in [-0.1, -0.05) is 25.1 Å². The number of carboxylic acid groups (broad SMARTS) is 1. The van der Waals surface area contributed by atoms with Crippen molar-refractivity contribution < 1.29 is 19.1 Å². The molecule has 0 aliphatic heterocycles. The summed E-state index contributed by atoms with van der Waals surface area (Å²) in [5, 5.41) is 12.1. The van der Waals surface area contributed by atoms with E-state index in [4.69, 9.17) is 9.52 Å². The van der Waals surface area contributed by atoms with E-state index in [0.717, 1.165) is 0 Å². The van der Waals surface area contributed by atoms with E-state index in [1.807, 2.05) is 0 Å². The molecule has 1 amide bonds. The maximum absolute atomic E-state index is 12.2. The summed E-state index contributed by atoms with van der Waals surface area (Å²) < 4.78 is 5.06. The Labute approximate surface area is 120 Å². The molecule has 1 aromatic heterocycles. The third-order valence-corrected chi connectivity index (χ3v) is 3.45. The molecule has 6 nitrogen and oxygen atoms in total. The first-order valence-electron chi connectivity index (χ1n) is 6.46. The zero-order chi connectivity index (χ0) is 15.6. The predicted octanol–water partition coefficient (Wildman–Crippen LogP) is 1.78. The Morgan fingerprint density at radius 3 is 2.62 bits per heavy atom. The van der Waals surface area contributed by atoms with E-state index in [0.29, 0.717) is 11.0 Å². The van der Waals surface area contributed by atoms with Crippen molar-refractivity contribution in [1.29, 1.82) is 0 Å². The van der Waals surface area contributed by atoms with E-state index in [9.17, 15) is 14.4 Å². The van der Waals surface area contributed by atoms with Gasteiger partial charge in [0.25, 0.3) is 5.91 Å². The Kier molecular flexibility index (Phi) is 3.80. The molecule has 2 N–H and O–H groups in total. The van der Waals surface area contributed by atoms with Gasteiger partial charge in [-0.15, -0.1) is 0 Å². The molecule has 6 heteroatoms. The maximum atomic E-state index is 12.2. The van der Waals surface area contributed by atoms with E-state index >= 15 is 0 Å². The van der Waals surface area contributed by atoms with Gasteiger partial charge >= 0.3 is 11.6 Å². The van der Waals surface area contributed by atoms with Crippen LogP contribution in [0.15, 0.2) is 39.5 Å². The number of carbonyl (C=O) groups excluding carboxylic acids is 1. The summed E-state index contributed by atoms with van der Waals surface area (Å²) in [5.41, 5.74) is -2.07. The first-order valence-corrected chi connectivity index (χ1v) is 6.46. The molecule has 1 aromatic carbocycles. The van der Waals surface area contributed by atoms with Gasteiger partial charge in [0.2, 0.25) is 0 Å². The van der Waals surface area contributed by atoms with Crippen LogP contribution in [0, 0.1) is 0 Å². The number of hydrogen-bond acceptors (Lipinski definition) is 4. The molecule has 0 spiro atoms. The summed E-state index contributed by atoms with van der Waals surface area (Å²) in [5.74, 6) is -1.93. The van der Waals surface area contributed by atoms with Crippen molar-refractivity contribution >= 4 is 22.8 Å². The molecular weight excluding hydrogens is 274 g/mol. The van der Waals surface area contributed by atoms with Crippen molar-refractivity contribution in [2.24, 2.45) is 0 Å². The van der Waals surface area contributed by atoms with E-state index in [2.05, 4.69) is 5.32 Å². The summed E-state index contributed by atoms with van der Waals surface area (Å²) in [6.45, 7) is 3.02. The van der Waals surface area contributed by atoms with E-state index in [1.165, 1.54) is 13.0 Å². The minimum absolute atomic E-state index is 0.187. The zero-order valence-corrected chi connectivity index (χ0v) is 11.7. The summed E-state index contributed by atoms with van der Waals surface area (Å²) in [6.07, 6.45) is 0.187. The monoisotopic (exact) mass is 289 g/mol. The van der Waals surface area contributed by atoms with Crippen molar-refractivity contribution in [3.63, 3.8) is 0 Å². The number of hydrogen-bond donors (Lipinski definition) is 2. The van der Waals surface area contributed by atoms with Crippen molar-refractivity contribution in [1.82, 2.24) is 5.32 Å². The Morgan fingerprint density at radius 1 is 1.33 bits per heavy atom. The fourth-order valence-electron chi connectivity index (χ4n) is 1.83. The maximum Gasteiger partial charge on any atom is 0.349 e. The van der Waals surface area contributed by atoms with Crippen molar-refractivity contribution in [3.05, 3.63) is 46.3 Å². The summed E-state index contributed by atoms with van der Waals surface area (Å²) >= 11 is 0. The van der Waals surface area contributed by atoms with Crippen LogP contribution in [-0.2, 0) is 4.79 Å². The van der Waals surface area contributed by atoms with Gasteiger partial charge in [-0.25, -0.2) is 9.59 Å². The highest BCUT2D eigenvalue weighted by Gasteiger charge is 2.33. The van der Waals surface area contributed by atoms with Crippen LogP contribution in [0.3, 0.4) is 0 Å². The van der Waals surface area contributed by atoms with Crippen LogP contribution in [-0.4, -0.2) is 22.5 Å². The average molecular weight is 289 g/mol. The molecule has 0 radical (unpaired) electrons. The fraction of sp³-hybridized carbons (Fsp3) is 0.267. The molecule has 0 aliphatic carbocycles. The number of nitrogens with one attached hydrogen (secondary N) is 1. The van der Waals surface area contributed by atoms with E-state index in [-0.39, 0.29) is 12.0 Å². The molecule has 2 rings (SSSR count). The Bertz CT molecular complexity index is 764. The van der Waals surface area contributed by atoms with Crippen molar-refractivity contribution in [2.45, 2.75) is 25.8 Å². The Hall–Kier alpha value is -2.63. The topological polar surface area (TPSA) is 96.6 Å². The molecule has 0 fully saturated rings. The zero-order valence-electron chi connectivity index (χ0n) is 11.7. The van der Waals surface area contributed by atoms with Gasteiger partial charge in [-0.2, -0.15) is 0 Å². The number of carbonyl (C=O) groups is 2. The number of rotatable bonds is 4. The molecule has 1 atom stereocenters. The highest BCUT2D eigenvalue weighted by atomic mass is 16.4. The summed E-state index contributed by atoms with van der Waals surface area (Å²) in [4.78, 5) is 35.2. The number of carboxylic acids is 1. The van der Waals surface area contributed by atoms with Crippen LogP contribution in [0.4, 0.5) is 0 Å². The molecule has 1 unspecified atom stereocenters. The predicted molar refractivity (Wildman–Crippen MR) is 76.3 cm³/mol. The van der Waals surface area contributed by atoms with Crippen LogP contribution in [0.5, 0.6) is 0 Å². The van der Waals surface area contributed by atoms with Crippen molar-refractivity contribution in [3.8, 4) is 0 Å². The summed E-state index contributed by atoms with van der Waals surface area (Å²) in [7, 11) is 0. The van der Waals surface area contributed by atoms with Crippen LogP contribution in [0.2, 0.25) is 0 Å². The second-order valence-electron chi connectivity index (χ2n) is 4.93. The molecule has 0 aliphatic rings. The largest absolute Gasteiger partial charge is 0.480 e. The van der Waals surface area contributed by atoms with Crippen molar-refractivity contribution in [2.75, 3.05) is 0 Å². The Morgan fingerprint density at radius 2 is 2.00 bits per heavy atom. The number of benzene rings is 1. The first-order chi connectivity index (χ1) is 9.87. The van der Waals surface area contributed by atoms with Gasteiger partial charge in [0.1, 0.15) is 16.7 Å². The quantitative estimate of drug-likeness (QED) is 0.836. The van der Waals surface area contributed by atoms with E-state index < -0.39 is 23.0 Å². The minimum Gasteiger partial charge on any atom is -0.480 e. The fourth-order valence-corrected chi connectivity index (χ4v) is 1.83. The van der Waals surface area contributed by atoms with Gasteiger partial charge < -0.3 is 14.8 Å². The standard InChI is InChI=1S/C15H15NO5/c1-3-15(2,14(19)20)16-12(17)10-8-9-6-4-5-7-11(9)21-13(10)18/h4-8H,3H2,1-2H3,(H,16,17)(H,19,20). The molecular formula is C15H15NO5. The number of aliphatic carboxylic acids is 1. The lowest BCUT2D eigenvalue weighted by atomic mass is 9.98. The molecule has 0 saturated carbocycles. The van der Waals surface area contributed by atoms with Crippen LogP contribution < -0.4 is 10.9 Å². The van der Waals surface area contributed by atoms with E-state index in [1.54, 1.807) is 31.2 Å². The molecule has 2 aromatic rings. The minimum atomic E-state index is -1.44. The number of fused-ring (bicyclic) bond motifs is 1. The lowest BCUT2D eigenvalue weighted by Gasteiger charge is -2.24. The first kappa shape index (κ1) is 14.8. The van der Waals surface area contributed by atoms with Gasteiger partial charge in [-0.05, 0) is 25.5 Å². The highest BCUT2D eigenvalue weighted by Crippen LogP contribution is 2.14. The third-order valence-electron chi connectivity index (χ3n) is 3.45. The van der Waals surface area contributed by atoms with Gasteiger partial charge in [-0.3, -0.25) is 4.79 Å². The smallest absolute Gasteiger partial charge is 0.349 e. The molecule has 0 bridgehead atoms. The lowest BCUT2D eigenvalue weighted by molar-refractivity contribution is -0.143. The number of amides is 1. The SMILES string of the molecule is CCC(C)(NC(=O)c1cc2ccccc2oc1=O)C(=O)O. The van der Waals surface area contributed by atoms with Gasteiger partial charge in [0, 0.05) is 5.39 Å². The second kappa shape index (κ2) is 5.40. The van der Waals surface area contributed by atoms with Crippen LogP contribution >= 0.6 is 0 Å². The average Bonchev–Trinajstić information content (AvgIpc) is 2.46. The number of para-hydroxylation sites is 1. The van der Waals surface area contributed by atoms with Gasteiger partial charge in [0.05, 0.1) is 0 Å². The second-order valence-corrected chi connectivity index (χ2v) is 4.93. The van der Waals surface area contributed by atoms with Gasteiger partial charge in [0.15, 0.2) is 0 Å². The lowest BCUT2D eigenvalue weighted by Crippen LogP contribution is -2.52. The van der Waals surface area contributed by atoms with Crippen LogP contribution in [0.1, 0.15) is 30.6 Å². The molecule has 110 valence electrons. The van der Waals surface area contributed by atoms with Crippen LogP contribution in [0.25, 0.3) is 11.0 Å². The summed E-state index contributed by atoms with van der Waals surface area (Å²) in [6, 6.07) is 8.17. The molecule has 0 saturated heterocycles.